The first-order chi connectivity index (χ1) is 13.7. The van der Waals surface area contributed by atoms with Gasteiger partial charge in [-0.2, -0.15) is 74.6 Å². The van der Waals surface area contributed by atoms with Gasteiger partial charge in [0, 0.05) is 6.42 Å². The summed E-state index contributed by atoms with van der Waals surface area (Å²) < 4.78 is 220. The summed E-state index contributed by atoms with van der Waals surface area (Å²) in [5.41, 5.74) is 0. The zero-order valence-electron chi connectivity index (χ0n) is 14.3. The van der Waals surface area contributed by atoms with Crippen LogP contribution in [0.5, 0.6) is 0 Å². The van der Waals surface area contributed by atoms with Crippen LogP contribution in [-0.4, -0.2) is 70.2 Å². The third kappa shape index (κ3) is 4.51. The molecule has 0 radical (unpaired) electrons. The van der Waals surface area contributed by atoms with Crippen LogP contribution in [0.1, 0.15) is 6.42 Å². The van der Waals surface area contributed by atoms with E-state index < -0.39 is 71.5 Å². The summed E-state index contributed by atoms with van der Waals surface area (Å²) in [5.74, 6) is -60.9. The number of hydrogen-bond donors (Lipinski definition) is 1. The molecule has 0 saturated heterocycles. The summed E-state index contributed by atoms with van der Waals surface area (Å²) >= 11 is -0.199. The molecule has 32 heavy (non-hydrogen) atoms. The molecule has 0 aromatic carbocycles. The Kier molecular flexibility index (Phi) is 8.08. The molecule has 1 N–H and O–H groups in total. The van der Waals surface area contributed by atoms with Crippen molar-refractivity contribution in [2.24, 2.45) is 0 Å². The van der Waals surface area contributed by atoms with Gasteiger partial charge < -0.3 is 5.11 Å². The Balaban J connectivity index is 6.33. The van der Waals surface area contributed by atoms with Crippen molar-refractivity contribution >= 4 is 17.7 Å². The maximum absolute atomic E-state index is 13.4. The molecule has 0 saturated carbocycles. The van der Waals surface area contributed by atoms with Crippen molar-refractivity contribution in [1.82, 2.24) is 0 Å². The summed E-state index contributed by atoms with van der Waals surface area (Å²) in [5, 5.41) is 8.16. The fourth-order valence-corrected chi connectivity index (χ4v) is 2.43. The predicted molar refractivity (Wildman–Crippen MR) is 70.3 cm³/mol. The summed E-state index contributed by atoms with van der Waals surface area (Å²) in [6, 6.07) is 0. The lowest BCUT2D eigenvalue weighted by molar-refractivity contribution is -0.461. The third-order valence-electron chi connectivity index (χ3n) is 3.57. The van der Waals surface area contributed by atoms with Gasteiger partial charge in [0.15, 0.2) is 0 Å². The van der Waals surface area contributed by atoms with Crippen molar-refractivity contribution in [2.45, 2.75) is 54.1 Å². The number of aliphatic carboxylic acids is 1. The Hall–Kier alpha value is -1.37. The summed E-state index contributed by atoms with van der Waals surface area (Å²) in [6.07, 6.45) is -10.4. The lowest BCUT2D eigenvalue weighted by Gasteiger charge is -2.42. The van der Waals surface area contributed by atoms with Crippen LogP contribution in [0.25, 0.3) is 0 Å². The average molecular weight is 538 g/mol. The van der Waals surface area contributed by atoms with Crippen molar-refractivity contribution in [3.8, 4) is 0 Å². The van der Waals surface area contributed by atoms with Gasteiger partial charge in [-0.3, -0.25) is 4.79 Å². The highest BCUT2D eigenvalue weighted by molar-refractivity contribution is 7.99. The number of carboxylic acids is 1. The van der Waals surface area contributed by atoms with E-state index in [-0.39, 0.29) is 11.8 Å². The minimum Gasteiger partial charge on any atom is -0.481 e. The minimum atomic E-state index is -8.65. The molecule has 20 heteroatoms. The second kappa shape index (κ2) is 8.44. The fraction of sp³-hybridized carbons (Fsp3) is 0.917. The van der Waals surface area contributed by atoms with E-state index in [4.69, 9.17) is 5.11 Å². The first-order valence-corrected chi connectivity index (χ1v) is 8.33. The predicted octanol–water partition coefficient (Wildman–Crippen LogP) is 6.20. The van der Waals surface area contributed by atoms with Crippen molar-refractivity contribution in [3.05, 3.63) is 0 Å². The summed E-state index contributed by atoms with van der Waals surface area (Å²) in [4.78, 5) is 10.1. The van der Waals surface area contributed by atoms with E-state index >= 15 is 0 Å². The van der Waals surface area contributed by atoms with Gasteiger partial charge in [-0.25, -0.2) is 0 Å². The maximum atomic E-state index is 13.4. The first kappa shape index (κ1) is 30.6. The molecule has 0 aliphatic carbocycles. The van der Waals surface area contributed by atoms with E-state index in [9.17, 15) is 79.4 Å². The topological polar surface area (TPSA) is 37.3 Å². The molecule has 0 aliphatic heterocycles. The molecule has 0 aromatic heterocycles. The second-order valence-corrected chi connectivity index (χ2v) is 6.95. The maximum Gasteiger partial charge on any atom is 0.460 e. The lowest BCUT2D eigenvalue weighted by Crippen LogP contribution is -2.74. The zero-order valence-corrected chi connectivity index (χ0v) is 15.1. The van der Waals surface area contributed by atoms with Crippen LogP contribution in [-0.2, 0) is 4.79 Å². The van der Waals surface area contributed by atoms with Crippen molar-refractivity contribution in [1.29, 1.82) is 0 Å². The fourth-order valence-electron chi connectivity index (χ4n) is 1.71. The van der Waals surface area contributed by atoms with Crippen molar-refractivity contribution in [2.75, 3.05) is 11.5 Å². The highest BCUT2D eigenvalue weighted by atomic mass is 32.2. The largest absolute Gasteiger partial charge is 0.481 e. The molecule has 0 rings (SSSR count). The minimum absolute atomic E-state index is 0.199. The Bertz CT molecular complexity index is 684. The SMILES string of the molecule is O=C(O)CSCCC(F)(F)C(F)(F)C(F)(F)C(F)(F)C(F)(F)C(F)(F)C(F)(F)C(F)(F)F. The third-order valence-corrected chi connectivity index (χ3v) is 4.52. The molecule has 0 aliphatic rings. The van der Waals surface area contributed by atoms with Crippen LogP contribution in [0.2, 0.25) is 0 Å². The molecule has 0 amide bonds. The van der Waals surface area contributed by atoms with E-state index in [2.05, 4.69) is 0 Å². The van der Waals surface area contributed by atoms with E-state index in [1.54, 1.807) is 0 Å². The molecule has 0 heterocycles. The molecule has 0 spiro atoms. The standard InChI is InChI=1S/C12H7F17O2S/c13-5(14,1-2-32-3-4(30)31)6(15,16)7(17,18)8(19,20)9(21,22)10(23,24)11(25,26)12(27,28)29/h1-3H2,(H,30,31). The molecule has 192 valence electrons. The van der Waals surface area contributed by atoms with Gasteiger partial charge >= 0.3 is 53.6 Å². The molecule has 0 fully saturated rings. The van der Waals surface area contributed by atoms with Gasteiger partial charge in [-0.1, -0.05) is 0 Å². The van der Waals surface area contributed by atoms with Gasteiger partial charge in [0.05, 0.1) is 5.75 Å². The van der Waals surface area contributed by atoms with Gasteiger partial charge in [-0.05, 0) is 5.75 Å². The lowest BCUT2D eigenvalue weighted by atomic mass is 9.88. The molecule has 2 nitrogen and oxygen atoms in total. The highest BCUT2D eigenvalue weighted by Crippen LogP contribution is 2.64. The Morgan fingerprint density at radius 3 is 1.19 bits per heavy atom. The molecular formula is C12H7F17O2S. The number of carbonyl (C=O) groups is 1. The number of rotatable bonds is 11. The van der Waals surface area contributed by atoms with Gasteiger partial charge in [0.25, 0.3) is 0 Å². The molecule has 0 atom stereocenters. The van der Waals surface area contributed by atoms with Crippen LogP contribution in [0.4, 0.5) is 74.6 Å². The van der Waals surface area contributed by atoms with Crippen LogP contribution < -0.4 is 0 Å². The second-order valence-electron chi connectivity index (χ2n) is 5.84. The highest BCUT2D eigenvalue weighted by Gasteiger charge is 2.95. The van der Waals surface area contributed by atoms with E-state index in [1.165, 1.54) is 0 Å². The Labute approximate surface area is 169 Å². The van der Waals surface area contributed by atoms with E-state index in [0.29, 0.717) is 0 Å². The number of halogens is 17. The normalized spacial score (nSPS) is 15.8. The van der Waals surface area contributed by atoms with E-state index in [1.807, 2.05) is 0 Å². The average Bonchev–Trinajstić information content (AvgIpc) is 2.56. The zero-order chi connectivity index (χ0) is 26.4. The summed E-state index contributed by atoms with van der Waals surface area (Å²) in [7, 11) is 0. The molecule has 0 aromatic rings. The van der Waals surface area contributed by atoms with Crippen LogP contribution >= 0.6 is 11.8 Å². The Morgan fingerprint density at radius 1 is 0.562 bits per heavy atom. The quantitative estimate of drug-likeness (QED) is 0.252. The van der Waals surface area contributed by atoms with Crippen molar-refractivity contribution in [3.63, 3.8) is 0 Å². The van der Waals surface area contributed by atoms with Gasteiger partial charge in [-0.15, -0.1) is 11.8 Å². The van der Waals surface area contributed by atoms with Crippen LogP contribution in [0.3, 0.4) is 0 Å². The number of alkyl halides is 17. The van der Waals surface area contributed by atoms with Gasteiger partial charge in [0.2, 0.25) is 0 Å². The molecule has 0 bridgehead atoms. The first-order valence-electron chi connectivity index (χ1n) is 7.17. The van der Waals surface area contributed by atoms with Crippen molar-refractivity contribution < 1.29 is 84.5 Å². The van der Waals surface area contributed by atoms with Crippen LogP contribution in [0, 0.1) is 0 Å². The summed E-state index contributed by atoms with van der Waals surface area (Å²) in [6.45, 7) is 0. The number of thioether (sulfide) groups is 1. The number of hydrogen-bond acceptors (Lipinski definition) is 2. The van der Waals surface area contributed by atoms with E-state index in [0.717, 1.165) is 0 Å². The molecule has 0 unspecified atom stereocenters. The molecular weight excluding hydrogens is 531 g/mol. The smallest absolute Gasteiger partial charge is 0.460 e. The number of carboxylic acid groups (broad SMARTS) is 1. The Morgan fingerprint density at radius 2 is 0.875 bits per heavy atom. The van der Waals surface area contributed by atoms with Crippen LogP contribution in [0.15, 0.2) is 0 Å². The monoisotopic (exact) mass is 538 g/mol. The van der Waals surface area contributed by atoms with Gasteiger partial charge in [0.1, 0.15) is 0 Å².